The second-order valence-electron chi connectivity index (χ2n) is 6.74. The largest absolute Gasteiger partial charge is 0.338 e. The maximum Gasteiger partial charge on any atom is 0.325 e. The summed E-state index contributed by atoms with van der Waals surface area (Å²) in [5.41, 5.74) is -0.951. The van der Waals surface area contributed by atoms with Gasteiger partial charge in [0.15, 0.2) is 0 Å². The Kier molecular flexibility index (Phi) is 6.14. The van der Waals surface area contributed by atoms with Crippen LogP contribution in [0.5, 0.6) is 0 Å². The number of halogens is 1. The Morgan fingerprint density at radius 1 is 1.22 bits per heavy atom. The van der Waals surface area contributed by atoms with Crippen LogP contribution in [-0.4, -0.2) is 41.9 Å². The van der Waals surface area contributed by atoms with Crippen LogP contribution in [0.1, 0.15) is 32.8 Å². The standard InChI is InChI=1S/C18H23FN4O4/c1-4-18(12-5-7-13(19)8-6-12)15(25)23(17(27)22-18)10-14(24)21-16(26)20-9-11(2)3/h5-8,11H,4,9-10H2,1-3H3,(H,22,27)(H2,20,21,24,26)/t18-/m0/s1. The number of imide groups is 2. The van der Waals surface area contributed by atoms with Gasteiger partial charge in [-0.2, -0.15) is 0 Å². The lowest BCUT2D eigenvalue weighted by atomic mass is 9.87. The number of hydrogen-bond acceptors (Lipinski definition) is 4. The summed E-state index contributed by atoms with van der Waals surface area (Å²) in [6, 6.07) is 3.78. The minimum atomic E-state index is -1.37. The first kappa shape index (κ1) is 20.3. The van der Waals surface area contributed by atoms with E-state index in [-0.39, 0.29) is 12.3 Å². The first-order chi connectivity index (χ1) is 12.7. The van der Waals surface area contributed by atoms with Crippen LogP contribution in [0.3, 0.4) is 0 Å². The summed E-state index contributed by atoms with van der Waals surface area (Å²) in [5.74, 6) is -1.67. The molecule has 27 heavy (non-hydrogen) atoms. The quantitative estimate of drug-likeness (QED) is 0.652. The zero-order valence-corrected chi connectivity index (χ0v) is 15.5. The zero-order chi connectivity index (χ0) is 20.2. The maximum absolute atomic E-state index is 13.2. The molecule has 0 unspecified atom stereocenters. The number of nitrogens with zero attached hydrogens (tertiary/aromatic N) is 1. The van der Waals surface area contributed by atoms with Crippen molar-refractivity contribution in [1.29, 1.82) is 0 Å². The molecule has 1 atom stereocenters. The minimum absolute atomic E-state index is 0.206. The SMILES string of the molecule is CC[C@@]1(c2ccc(F)cc2)NC(=O)N(CC(=O)NC(=O)NCC(C)C)C1=O. The highest BCUT2D eigenvalue weighted by atomic mass is 19.1. The lowest BCUT2D eigenvalue weighted by molar-refractivity contribution is -0.135. The Balaban J connectivity index is 2.09. The summed E-state index contributed by atoms with van der Waals surface area (Å²) >= 11 is 0. The van der Waals surface area contributed by atoms with E-state index in [1.165, 1.54) is 24.3 Å². The molecule has 1 saturated heterocycles. The molecule has 3 N–H and O–H groups in total. The third kappa shape index (κ3) is 4.42. The minimum Gasteiger partial charge on any atom is -0.338 e. The average Bonchev–Trinajstić information content (AvgIpc) is 2.85. The van der Waals surface area contributed by atoms with Gasteiger partial charge in [0, 0.05) is 6.54 Å². The van der Waals surface area contributed by atoms with Crippen LogP contribution in [0.2, 0.25) is 0 Å². The molecule has 146 valence electrons. The molecular weight excluding hydrogens is 355 g/mol. The Hall–Kier alpha value is -2.97. The normalized spacial score (nSPS) is 19.2. The van der Waals surface area contributed by atoms with E-state index in [0.29, 0.717) is 12.1 Å². The Morgan fingerprint density at radius 2 is 1.85 bits per heavy atom. The van der Waals surface area contributed by atoms with Crippen LogP contribution in [-0.2, 0) is 15.1 Å². The van der Waals surface area contributed by atoms with Gasteiger partial charge in [-0.3, -0.25) is 19.8 Å². The fourth-order valence-electron chi connectivity index (χ4n) is 2.79. The van der Waals surface area contributed by atoms with Crippen molar-refractivity contribution in [1.82, 2.24) is 20.9 Å². The molecule has 1 aromatic rings. The second-order valence-corrected chi connectivity index (χ2v) is 6.74. The van der Waals surface area contributed by atoms with E-state index >= 15 is 0 Å². The number of hydrogen-bond donors (Lipinski definition) is 3. The topological polar surface area (TPSA) is 108 Å². The first-order valence-corrected chi connectivity index (χ1v) is 8.67. The summed E-state index contributed by atoms with van der Waals surface area (Å²) in [6.07, 6.45) is 0.218. The molecule has 9 heteroatoms. The number of rotatable bonds is 6. The van der Waals surface area contributed by atoms with Gasteiger partial charge in [0.25, 0.3) is 5.91 Å². The van der Waals surface area contributed by atoms with Gasteiger partial charge in [-0.05, 0) is 30.0 Å². The number of carbonyl (C=O) groups excluding carboxylic acids is 4. The molecule has 0 aliphatic carbocycles. The molecule has 1 heterocycles. The van der Waals surface area contributed by atoms with Crippen LogP contribution in [0.15, 0.2) is 24.3 Å². The van der Waals surface area contributed by atoms with Crippen LogP contribution in [0, 0.1) is 11.7 Å². The van der Waals surface area contributed by atoms with Gasteiger partial charge < -0.3 is 10.6 Å². The smallest absolute Gasteiger partial charge is 0.325 e. The number of amides is 6. The summed E-state index contributed by atoms with van der Waals surface area (Å²) in [7, 11) is 0. The maximum atomic E-state index is 13.2. The predicted molar refractivity (Wildman–Crippen MR) is 95.0 cm³/mol. The molecule has 8 nitrogen and oxygen atoms in total. The zero-order valence-electron chi connectivity index (χ0n) is 15.5. The number of carbonyl (C=O) groups is 4. The van der Waals surface area contributed by atoms with E-state index in [2.05, 4.69) is 16.0 Å². The second kappa shape index (κ2) is 8.15. The highest BCUT2D eigenvalue weighted by Crippen LogP contribution is 2.32. The third-order valence-corrected chi connectivity index (χ3v) is 4.27. The van der Waals surface area contributed by atoms with Crippen molar-refractivity contribution >= 4 is 23.9 Å². The molecule has 0 saturated carbocycles. The van der Waals surface area contributed by atoms with Crippen molar-refractivity contribution in [2.75, 3.05) is 13.1 Å². The molecule has 0 aromatic heterocycles. The summed E-state index contributed by atoms with van der Waals surface area (Å²) < 4.78 is 13.2. The molecule has 1 aliphatic heterocycles. The average molecular weight is 378 g/mol. The van der Waals surface area contributed by atoms with Gasteiger partial charge in [0.2, 0.25) is 5.91 Å². The Bertz CT molecular complexity index is 750. The van der Waals surface area contributed by atoms with Gasteiger partial charge in [-0.15, -0.1) is 0 Å². The Labute approximate surface area is 156 Å². The molecule has 0 bridgehead atoms. The molecule has 0 radical (unpaired) electrons. The third-order valence-electron chi connectivity index (χ3n) is 4.27. The van der Waals surface area contributed by atoms with Crippen molar-refractivity contribution in [2.45, 2.75) is 32.7 Å². The molecule has 1 aliphatic rings. The van der Waals surface area contributed by atoms with E-state index in [9.17, 15) is 23.6 Å². The van der Waals surface area contributed by atoms with Gasteiger partial charge in [0.05, 0.1) is 0 Å². The van der Waals surface area contributed by atoms with Crippen molar-refractivity contribution in [3.05, 3.63) is 35.6 Å². The molecule has 6 amide bonds. The monoisotopic (exact) mass is 378 g/mol. The molecule has 0 spiro atoms. The fraction of sp³-hybridized carbons (Fsp3) is 0.444. The molecule has 1 fully saturated rings. The van der Waals surface area contributed by atoms with Crippen molar-refractivity contribution < 1.29 is 23.6 Å². The Morgan fingerprint density at radius 3 is 2.41 bits per heavy atom. The van der Waals surface area contributed by atoms with E-state index in [0.717, 1.165) is 4.90 Å². The highest BCUT2D eigenvalue weighted by molar-refractivity contribution is 6.10. The van der Waals surface area contributed by atoms with Gasteiger partial charge in [-0.25, -0.2) is 14.0 Å². The van der Waals surface area contributed by atoms with Gasteiger partial charge in [0.1, 0.15) is 17.9 Å². The molecule has 1 aromatic carbocycles. The summed E-state index contributed by atoms with van der Waals surface area (Å²) in [6.45, 7) is 5.28. The lowest BCUT2D eigenvalue weighted by Crippen LogP contribution is -2.47. The summed E-state index contributed by atoms with van der Waals surface area (Å²) in [4.78, 5) is 49.6. The van der Waals surface area contributed by atoms with Crippen LogP contribution >= 0.6 is 0 Å². The lowest BCUT2D eigenvalue weighted by Gasteiger charge is -2.25. The van der Waals surface area contributed by atoms with Gasteiger partial charge in [-0.1, -0.05) is 32.9 Å². The molecule has 2 rings (SSSR count). The van der Waals surface area contributed by atoms with Gasteiger partial charge >= 0.3 is 12.1 Å². The van der Waals surface area contributed by atoms with E-state index < -0.39 is 41.8 Å². The van der Waals surface area contributed by atoms with Crippen LogP contribution in [0.25, 0.3) is 0 Å². The predicted octanol–water partition coefficient (Wildman–Crippen LogP) is 1.46. The van der Waals surface area contributed by atoms with Crippen LogP contribution < -0.4 is 16.0 Å². The number of nitrogens with one attached hydrogen (secondary N) is 3. The van der Waals surface area contributed by atoms with Crippen LogP contribution in [0.4, 0.5) is 14.0 Å². The van der Waals surface area contributed by atoms with Crippen molar-refractivity contribution in [3.8, 4) is 0 Å². The van der Waals surface area contributed by atoms with E-state index in [1.807, 2.05) is 13.8 Å². The van der Waals surface area contributed by atoms with Crippen molar-refractivity contribution in [3.63, 3.8) is 0 Å². The molecular formula is C18H23FN4O4. The first-order valence-electron chi connectivity index (χ1n) is 8.67. The summed E-state index contributed by atoms with van der Waals surface area (Å²) in [5, 5.41) is 7.18. The highest BCUT2D eigenvalue weighted by Gasteiger charge is 2.51. The number of benzene rings is 1. The van der Waals surface area contributed by atoms with E-state index in [1.54, 1.807) is 6.92 Å². The number of urea groups is 2. The van der Waals surface area contributed by atoms with Crippen molar-refractivity contribution in [2.24, 2.45) is 5.92 Å². The fourth-order valence-corrected chi connectivity index (χ4v) is 2.79. The van der Waals surface area contributed by atoms with E-state index in [4.69, 9.17) is 0 Å².